The number of amides is 1. The molecule has 1 N–H and O–H groups in total. The van der Waals surface area contributed by atoms with E-state index in [9.17, 15) is 13.2 Å². The maximum atomic E-state index is 13.6. The van der Waals surface area contributed by atoms with Crippen LogP contribution in [0.4, 0.5) is 11.4 Å². The summed E-state index contributed by atoms with van der Waals surface area (Å²) in [5.74, 6) is -0.466. The molecule has 0 saturated carbocycles. The summed E-state index contributed by atoms with van der Waals surface area (Å²) in [7, 11) is -4.03. The van der Waals surface area contributed by atoms with Crippen molar-refractivity contribution in [3.8, 4) is 0 Å². The average Bonchev–Trinajstić information content (AvgIpc) is 2.86. The maximum Gasteiger partial charge on any atom is 0.264 e. The Kier molecular flexibility index (Phi) is 7.72. The molecule has 0 saturated heterocycles. The molecule has 0 atom stereocenters. The number of pyridine rings is 1. The topological polar surface area (TPSA) is 79.4 Å². The van der Waals surface area contributed by atoms with Crippen LogP contribution in [0, 0.1) is 13.8 Å². The second-order valence-corrected chi connectivity index (χ2v) is 10.8. The smallest absolute Gasteiger partial charge is 0.264 e. The third-order valence-corrected chi connectivity index (χ3v) is 7.74. The number of halogens is 1. The van der Waals surface area contributed by atoms with Gasteiger partial charge >= 0.3 is 0 Å². The lowest BCUT2D eigenvalue weighted by Crippen LogP contribution is -2.38. The third kappa shape index (κ3) is 6.11. The van der Waals surface area contributed by atoms with Crippen molar-refractivity contribution in [2.45, 2.75) is 25.2 Å². The van der Waals surface area contributed by atoms with Gasteiger partial charge in [-0.25, -0.2) is 8.42 Å². The first-order chi connectivity index (χ1) is 17.2. The van der Waals surface area contributed by atoms with Crippen molar-refractivity contribution in [1.82, 2.24) is 4.98 Å². The molecule has 8 heteroatoms. The van der Waals surface area contributed by atoms with E-state index in [-0.39, 0.29) is 4.90 Å². The molecule has 1 aromatic heterocycles. The Hall–Kier alpha value is -3.68. The number of nitrogens with zero attached hydrogens (tertiary/aromatic N) is 2. The predicted octanol–water partition coefficient (Wildman–Crippen LogP) is 5.78. The number of aromatic nitrogens is 1. The number of rotatable bonds is 8. The van der Waals surface area contributed by atoms with Gasteiger partial charge in [0.2, 0.25) is 5.91 Å². The van der Waals surface area contributed by atoms with Crippen molar-refractivity contribution in [3.05, 3.63) is 119 Å². The van der Waals surface area contributed by atoms with Crippen LogP contribution < -0.4 is 9.62 Å². The molecule has 1 heterocycles. The Morgan fingerprint density at radius 1 is 0.889 bits per heavy atom. The van der Waals surface area contributed by atoms with Crippen LogP contribution in [-0.2, 0) is 21.2 Å². The van der Waals surface area contributed by atoms with E-state index in [0.717, 1.165) is 27.4 Å². The maximum absolute atomic E-state index is 13.6. The number of carbonyl (C=O) groups is 1. The molecule has 184 valence electrons. The quantitative estimate of drug-likeness (QED) is 0.320. The molecule has 4 rings (SSSR count). The van der Waals surface area contributed by atoms with Crippen molar-refractivity contribution >= 4 is 38.9 Å². The minimum Gasteiger partial charge on any atom is -0.325 e. The second kappa shape index (κ2) is 10.9. The van der Waals surface area contributed by atoms with Crippen LogP contribution >= 0.6 is 11.6 Å². The molecule has 6 nitrogen and oxygen atoms in total. The number of benzene rings is 3. The molecule has 4 aromatic rings. The van der Waals surface area contributed by atoms with E-state index < -0.39 is 22.5 Å². The minimum absolute atomic E-state index is 0.0979. The molecule has 0 spiro atoms. The van der Waals surface area contributed by atoms with Crippen LogP contribution in [0.3, 0.4) is 0 Å². The van der Waals surface area contributed by atoms with Gasteiger partial charge in [-0.15, -0.1) is 0 Å². The fourth-order valence-electron chi connectivity index (χ4n) is 3.76. The molecule has 0 aliphatic heterocycles. The molecule has 0 unspecified atom stereocenters. The van der Waals surface area contributed by atoms with Gasteiger partial charge in [-0.2, -0.15) is 0 Å². The molecule has 36 heavy (non-hydrogen) atoms. The normalized spacial score (nSPS) is 11.2. The molecular weight excluding hydrogens is 494 g/mol. The van der Waals surface area contributed by atoms with Gasteiger partial charge in [-0.1, -0.05) is 47.5 Å². The monoisotopic (exact) mass is 519 g/mol. The first kappa shape index (κ1) is 25.4. The van der Waals surface area contributed by atoms with Crippen LogP contribution in [0.2, 0.25) is 5.02 Å². The first-order valence-corrected chi connectivity index (χ1v) is 13.2. The first-order valence-electron chi connectivity index (χ1n) is 11.4. The summed E-state index contributed by atoms with van der Waals surface area (Å²) in [5, 5.41) is 3.19. The largest absolute Gasteiger partial charge is 0.325 e. The molecule has 3 aromatic carbocycles. The number of aryl methyl sites for hydroxylation is 2. The molecule has 0 aliphatic rings. The Labute approximate surface area is 216 Å². The molecule has 1 amide bonds. The van der Waals surface area contributed by atoms with Crippen LogP contribution in [-0.4, -0.2) is 25.9 Å². The van der Waals surface area contributed by atoms with E-state index in [0.29, 0.717) is 22.0 Å². The van der Waals surface area contributed by atoms with Crippen LogP contribution in [0.25, 0.3) is 0 Å². The van der Waals surface area contributed by atoms with E-state index in [4.69, 9.17) is 11.6 Å². The Bertz CT molecular complexity index is 1460. The van der Waals surface area contributed by atoms with Gasteiger partial charge in [-0.3, -0.25) is 14.1 Å². The highest BCUT2D eigenvalue weighted by atomic mass is 35.5. The second-order valence-electron chi connectivity index (χ2n) is 8.53. The Balaban J connectivity index is 1.56. The molecule has 0 radical (unpaired) electrons. The zero-order valence-electron chi connectivity index (χ0n) is 20.0. The van der Waals surface area contributed by atoms with E-state index in [1.807, 2.05) is 31.2 Å². The average molecular weight is 520 g/mol. The minimum atomic E-state index is -4.03. The summed E-state index contributed by atoms with van der Waals surface area (Å²) < 4.78 is 28.3. The van der Waals surface area contributed by atoms with Gasteiger partial charge in [0.25, 0.3) is 10.0 Å². The van der Waals surface area contributed by atoms with Gasteiger partial charge in [0.05, 0.1) is 10.6 Å². The zero-order valence-corrected chi connectivity index (χ0v) is 21.6. The fraction of sp³-hybridized carbons (Fsp3) is 0.143. The number of anilines is 2. The summed E-state index contributed by atoms with van der Waals surface area (Å²) in [6.45, 7) is 3.25. The summed E-state index contributed by atoms with van der Waals surface area (Å²) in [4.78, 5) is 17.2. The van der Waals surface area contributed by atoms with Crippen molar-refractivity contribution in [2.75, 3.05) is 16.2 Å². The molecular formula is C28H26ClN3O3S. The third-order valence-electron chi connectivity index (χ3n) is 5.73. The van der Waals surface area contributed by atoms with Gasteiger partial charge in [0.15, 0.2) is 0 Å². The van der Waals surface area contributed by atoms with Crippen molar-refractivity contribution in [1.29, 1.82) is 0 Å². The summed E-state index contributed by atoms with van der Waals surface area (Å²) in [6.07, 6.45) is 4.25. The summed E-state index contributed by atoms with van der Waals surface area (Å²) in [6, 6.07) is 22.9. The number of carbonyl (C=O) groups excluding carboxylic acids is 1. The Morgan fingerprint density at radius 3 is 2.19 bits per heavy atom. The van der Waals surface area contributed by atoms with E-state index in [1.165, 1.54) is 12.1 Å². The highest BCUT2D eigenvalue weighted by molar-refractivity contribution is 7.92. The highest BCUT2D eigenvalue weighted by Crippen LogP contribution is 2.29. The summed E-state index contributed by atoms with van der Waals surface area (Å²) >= 11 is 6.19. The van der Waals surface area contributed by atoms with Gasteiger partial charge in [0.1, 0.15) is 6.54 Å². The number of sulfonamides is 1. The number of hydrogen-bond donors (Lipinski definition) is 1. The van der Waals surface area contributed by atoms with E-state index in [1.54, 1.807) is 61.8 Å². The van der Waals surface area contributed by atoms with Gasteiger partial charge < -0.3 is 5.32 Å². The predicted molar refractivity (Wildman–Crippen MR) is 144 cm³/mol. The molecule has 0 fully saturated rings. The SMILES string of the molecule is Cc1ccc(S(=O)(=O)N(CC(=O)Nc2ccc(Cc3ccncc3)cc2)c2cc(Cl)ccc2C)cc1. The summed E-state index contributed by atoms with van der Waals surface area (Å²) in [5.41, 5.74) is 4.76. The van der Waals surface area contributed by atoms with Crippen LogP contribution in [0.1, 0.15) is 22.3 Å². The van der Waals surface area contributed by atoms with E-state index >= 15 is 0 Å². The van der Waals surface area contributed by atoms with E-state index in [2.05, 4.69) is 10.3 Å². The van der Waals surface area contributed by atoms with Gasteiger partial charge in [-0.05, 0) is 85.5 Å². The van der Waals surface area contributed by atoms with Crippen molar-refractivity contribution in [2.24, 2.45) is 0 Å². The number of hydrogen-bond acceptors (Lipinski definition) is 4. The van der Waals surface area contributed by atoms with Crippen LogP contribution in [0.5, 0.6) is 0 Å². The van der Waals surface area contributed by atoms with Crippen molar-refractivity contribution in [3.63, 3.8) is 0 Å². The lowest BCUT2D eigenvalue weighted by Gasteiger charge is -2.26. The molecule has 0 aliphatic carbocycles. The zero-order chi connectivity index (χ0) is 25.7. The Morgan fingerprint density at radius 2 is 1.53 bits per heavy atom. The molecule has 0 bridgehead atoms. The van der Waals surface area contributed by atoms with Crippen LogP contribution in [0.15, 0.2) is 96.2 Å². The standard InChI is InChI=1S/C28H26ClN3O3S/c1-20-3-11-26(12-4-20)36(34,35)32(27-18-24(29)8-5-21(27)2)19-28(33)31-25-9-6-22(7-10-25)17-23-13-15-30-16-14-23/h3-16,18H,17,19H2,1-2H3,(H,31,33). The lowest BCUT2D eigenvalue weighted by atomic mass is 10.1. The number of nitrogens with one attached hydrogen (secondary N) is 1. The highest BCUT2D eigenvalue weighted by Gasteiger charge is 2.28. The fourth-order valence-corrected chi connectivity index (χ4v) is 5.41. The van der Waals surface area contributed by atoms with Crippen molar-refractivity contribution < 1.29 is 13.2 Å². The van der Waals surface area contributed by atoms with Gasteiger partial charge in [0, 0.05) is 23.1 Å². The lowest BCUT2D eigenvalue weighted by molar-refractivity contribution is -0.114.